The van der Waals surface area contributed by atoms with Crippen molar-refractivity contribution >= 4 is 21.6 Å². The first-order chi connectivity index (χ1) is 12.4. The standard InChI is InChI=1S/C18H23FN2O5S/c1-17(2,11-25-5)14-10-15(26-21-14)20-16(22)18(3,4)27(23,24)13-8-6-12(19)7-9-13/h6-10H,11H2,1-5H3,(H,20,22). The molecule has 0 aliphatic heterocycles. The van der Waals surface area contributed by atoms with Crippen LogP contribution in [0.2, 0.25) is 0 Å². The third kappa shape index (κ3) is 4.19. The van der Waals surface area contributed by atoms with Crippen LogP contribution >= 0.6 is 0 Å². The second kappa shape index (κ2) is 7.40. The minimum Gasteiger partial charge on any atom is -0.384 e. The summed E-state index contributed by atoms with van der Waals surface area (Å²) in [6.07, 6.45) is 0. The highest BCUT2D eigenvalue weighted by Crippen LogP contribution is 2.29. The van der Waals surface area contributed by atoms with E-state index >= 15 is 0 Å². The molecule has 1 aromatic heterocycles. The van der Waals surface area contributed by atoms with Gasteiger partial charge in [-0.15, -0.1) is 0 Å². The van der Waals surface area contributed by atoms with Crippen LogP contribution in [0.3, 0.4) is 0 Å². The third-order valence-corrected chi connectivity index (χ3v) is 6.71. The molecule has 1 heterocycles. The molecule has 148 valence electrons. The highest BCUT2D eigenvalue weighted by atomic mass is 32.2. The number of sulfone groups is 1. The van der Waals surface area contributed by atoms with E-state index in [0.717, 1.165) is 24.3 Å². The van der Waals surface area contributed by atoms with Gasteiger partial charge in [0.2, 0.25) is 11.8 Å². The molecule has 1 aromatic carbocycles. The summed E-state index contributed by atoms with van der Waals surface area (Å²) in [5.74, 6) is -1.33. The lowest BCUT2D eigenvalue weighted by Crippen LogP contribution is -2.44. The zero-order chi connectivity index (χ0) is 20.5. The average molecular weight is 398 g/mol. The lowest BCUT2D eigenvalue weighted by atomic mass is 9.90. The highest BCUT2D eigenvalue weighted by Gasteiger charge is 2.43. The Kier molecular flexibility index (Phi) is 5.77. The normalized spacial score (nSPS) is 12.8. The van der Waals surface area contributed by atoms with Gasteiger partial charge < -0.3 is 9.26 Å². The number of hydrogen-bond donors (Lipinski definition) is 1. The Bertz CT molecular complexity index is 917. The SMILES string of the molecule is COCC(C)(C)c1cc(NC(=O)C(C)(C)S(=O)(=O)c2ccc(F)cc2)on1. The van der Waals surface area contributed by atoms with E-state index in [9.17, 15) is 17.6 Å². The number of hydrogen-bond acceptors (Lipinski definition) is 6. The summed E-state index contributed by atoms with van der Waals surface area (Å²) in [6, 6.07) is 5.83. The van der Waals surface area contributed by atoms with Crippen molar-refractivity contribution < 1.29 is 26.9 Å². The topological polar surface area (TPSA) is 98.5 Å². The van der Waals surface area contributed by atoms with Crippen molar-refractivity contribution in [3.8, 4) is 0 Å². The van der Waals surface area contributed by atoms with E-state index in [4.69, 9.17) is 9.26 Å². The maximum Gasteiger partial charge on any atom is 0.248 e. The number of carbonyl (C=O) groups is 1. The zero-order valence-electron chi connectivity index (χ0n) is 15.9. The fraction of sp³-hybridized carbons (Fsp3) is 0.444. The Labute approximate surface area is 157 Å². The maximum absolute atomic E-state index is 13.1. The minimum atomic E-state index is -4.07. The number of nitrogens with one attached hydrogen (secondary N) is 1. The van der Waals surface area contributed by atoms with Crippen molar-refractivity contribution in [1.29, 1.82) is 0 Å². The molecule has 0 saturated carbocycles. The van der Waals surface area contributed by atoms with Crippen LogP contribution in [0.5, 0.6) is 0 Å². The summed E-state index contributed by atoms with van der Waals surface area (Å²) in [5.41, 5.74) is 0.107. The molecular weight excluding hydrogens is 375 g/mol. The first-order valence-corrected chi connectivity index (χ1v) is 9.68. The predicted molar refractivity (Wildman–Crippen MR) is 97.7 cm³/mol. The molecule has 2 rings (SSSR count). The summed E-state index contributed by atoms with van der Waals surface area (Å²) in [6.45, 7) is 6.71. The molecule has 0 fully saturated rings. The van der Waals surface area contributed by atoms with Crippen LogP contribution in [-0.4, -0.2) is 37.9 Å². The largest absolute Gasteiger partial charge is 0.384 e. The van der Waals surface area contributed by atoms with E-state index in [0.29, 0.717) is 12.3 Å². The zero-order valence-corrected chi connectivity index (χ0v) is 16.7. The van der Waals surface area contributed by atoms with E-state index in [2.05, 4.69) is 10.5 Å². The molecule has 0 aliphatic carbocycles. The molecule has 0 atom stereocenters. The van der Waals surface area contributed by atoms with Crippen molar-refractivity contribution in [3.05, 3.63) is 41.8 Å². The number of halogens is 1. The number of ether oxygens (including phenoxy) is 1. The van der Waals surface area contributed by atoms with E-state index in [1.54, 1.807) is 7.11 Å². The molecule has 0 aliphatic rings. The van der Waals surface area contributed by atoms with Crippen molar-refractivity contribution in [2.75, 3.05) is 19.0 Å². The molecule has 0 bridgehead atoms. The molecule has 0 spiro atoms. The number of benzene rings is 1. The Balaban J connectivity index is 2.24. The van der Waals surface area contributed by atoms with Gasteiger partial charge in [-0.05, 0) is 38.1 Å². The number of aromatic nitrogens is 1. The van der Waals surface area contributed by atoms with Crippen LogP contribution in [0, 0.1) is 5.82 Å². The van der Waals surface area contributed by atoms with Gasteiger partial charge in [0.1, 0.15) is 10.6 Å². The van der Waals surface area contributed by atoms with Gasteiger partial charge in [-0.25, -0.2) is 12.8 Å². The molecule has 0 unspecified atom stereocenters. The van der Waals surface area contributed by atoms with E-state index in [1.165, 1.54) is 19.9 Å². The Morgan fingerprint density at radius 2 is 1.81 bits per heavy atom. The Hall–Kier alpha value is -2.26. The number of amides is 1. The second-order valence-electron chi connectivity index (χ2n) is 7.32. The van der Waals surface area contributed by atoms with Gasteiger partial charge in [-0.3, -0.25) is 10.1 Å². The minimum absolute atomic E-state index is 0.0292. The lowest BCUT2D eigenvalue weighted by Gasteiger charge is -2.23. The van der Waals surface area contributed by atoms with Crippen LogP contribution in [0.15, 0.2) is 39.8 Å². The summed E-state index contributed by atoms with van der Waals surface area (Å²) in [7, 11) is -2.50. The van der Waals surface area contributed by atoms with Gasteiger partial charge in [0.05, 0.1) is 17.2 Å². The average Bonchev–Trinajstić information content (AvgIpc) is 3.04. The van der Waals surface area contributed by atoms with Crippen molar-refractivity contribution in [2.24, 2.45) is 0 Å². The smallest absolute Gasteiger partial charge is 0.248 e. The fourth-order valence-electron chi connectivity index (χ4n) is 2.38. The number of nitrogens with zero attached hydrogens (tertiary/aromatic N) is 1. The monoisotopic (exact) mass is 398 g/mol. The van der Waals surface area contributed by atoms with Gasteiger partial charge in [0.25, 0.3) is 0 Å². The summed E-state index contributed by atoms with van der Waals surface area (Å²) < 4.78 is 47.1. The second-order valence-corrected chi connectivity index (χ2v) is 9.81. The molecule has 0 saturated heterocycles. The predicted octanol–water partition coefficient (Wildman–Crippen LogP) is 2.93. The van der Waals surface area contributed by atoms with Gasteiger partial charge in [0, 0.05) is 18.6 Å². The molecule has 27 heavy (non-hydrogen) atoms. The van der Waals surface area contributed by atoms with Gasteiger partial charge in [0.15, 0.2) is 9.84 Å². The van der Waals surface area contributed by atoms with Gasteiger partial charge in [-0.2, -0.15) is 0 Å². The number of methoxy groups -OCH3 is 1. The van der Waals surface area contributed by atoms with Crippen molar-refractivity contribution in [3.63, 3.8) is 0 Å². The van der Waals surface area contributed by atoms with Crippen molar-refractivity contribution in [1.82, 2.24) is 5.16 Å². The first-order valence-electron chi connectivity index (χ1n) is 8.19. The Morgan fingerprint density at radius 1 is 1.22 bits per heavy atom. The molecular formula is C18H23FN2O5S. The number of carbonyl (C=O) groups excluding carboxylic acids is 1. The number of anilines is 1. The molecule has 9 heteroatoms. The summed E-state index contributed by atoms with van der Waals surface area (Å²) >= 11 is 0. The van der Waals surface area contributed by atoms with Crippen LogP contribution in [-0.2, 0) is 24.8 Å². The van der Waals surface area contributed by atoms with Gasteiger partial charge in [-0.1, -0.05) is 19.0 Å². The van der Waals surface area contributed by atoms with Crippen LogP contribution in [0.25, 0.3) is 0 Å². The van der Waals surface area contributed by atoms with Crippen molar-refractivity contribution in [2.45, 2.75) is 42.8 Å². The molecule has 7 nitrogen and oxygen atoms in total. The molecule has 0 radical (unpaired) electrons. The molecule has 2 aromatic rings. The highest BCUT2D eigenvalue weighted by molar-refractivity contribution is 7.93. The molecule has 1 N–H and O–H groups in total. The lowest BCUT2D eigenvalue weighted by molar-refractivity contribution is -0.118. The van der Waals surface area contributed by atoms with E-state index < -0.39 is 31.7 Å². The van der Waals surface area contributed by atoms with Crippen LogP contribution < -0.4 is 5.32 Å². The third-order valence-electron chi connectivity index (χ3n) is 4.29. The van der Waals surface area contributed by atoms with Gasteiger partial charge >= 0.3 is 0 Å². The van der Waals surface area contributed by atoms with E-state index in [-0.39, 0.29) is 10.8 Å². The van der Waals surface area contributed by atoms with E-state index in [1.807, 2.05) is 13.8 Å². The maximum atomic E-state index is 13.1. The van der Waals surface area contributed by atoms with Crippen LogP contribution in [0.1, 0.15) is 33.4 Å². The van der Waals surface area contributed by atoms with Crippen LogP contribution in [0.4, 0.5) is 10.3 Å². The molecule has 1 amide bonds. The quantitative estimate of drug-likeness (QED) is 0.720. The number of rotatable bonds is 7. The summed E-state index contributed by atoms with van der Waals surface area (Å²) in [5, 5.41) is 6.35. The summed E-state index contributed by atoms with van der Waals surface area (Å²) in [4.78, 5) is 12.5. The Morgan fingerprint density at radius 3 is 2.37 bits per heavy atom. The first kappa shape index (κ1) is 21.0. The fourth-order valence-corrected chi connectivity index (χ4v) is 3.76.